The smallest absolute Gasteiger partial charge is 0.406 e. The summed E-state index contributed by atoms with van der Waals surface area (Å²) < 4.78 is 42.5. The molecule has 0 bridgehead atoms. The number of hydrogen-bond donors (Lipinski definition) is 1. The van der Waals surface area contributed by atoms with Crippen molar-refractivity contribution >= 4 is 28.4 Å². The average Bonchev–Trinajstić information content (AvgIpc) is 2.91. The number of hydrogen-bond acceptors (Lipinski definition) is 6. The van der Waals surface area contributed by atoms with Crippen molar-refractivity contribution in [1.82, 2.24) is 9.55 Å². The first-order valence-electron chi connectivity index (χ1n) is 8.28. The number of benzene rings is 1. The summed E-state index contributed by atoms with van der Waals surface area (Å²) >= 11 is 1.37. The Morgan fingerprint density at radius 1 is 1.29 bits per heavy atom. The van der Waals surface area contributed by atoms with E-state index in [4.69, 9.17) is 5.11 Å². The molecule has 0 spiro atoms. The van der Waals surface area contributed by atoms with E-state index in [-0.39, 0.29) is 12.4 Å². The number of Topliss-reactive ketones (excluding diaryl/α,β-unsaturated/α-hetero) is 1. The van der Waals surface area contributed by atoms with Gasteiger partial charge in [0.2, 0.25) is 5.78 Å². The minimum absolute atomic E-state index is 0.00811. The highest BCUT2D eigenvalue weighted by molar-refractivity contribution is 7.99. The molecular formula is C18H13F3N2O4S. The van der Waals surface area contributed by atoms with Crippen LogP contribution in [0.15, 0.2) is 51.9 Å². The topological polar surface area (TPSA) is 81.4 Å². The van der Waals surface area contributed by atoms with Gasteiger partial charge in [0.1, 0.15) is 5.76 Å². The van der Waals surface area contributed by atoms with Crippen molar-refractivity contribution in [3.8, 4) is 0 Å². The molecule has 6 nitrogen and oxygen atoms in total. The summed E-state index contributed by atoms with van der Waals surface area (Å²) in [5.41, 5.74) is -0.108. The zero-order valence-electron chi connectivity index (χ0n) is 14.1. The highest BCUT2D eigenvalue weighted by atomic mass is 32.2. The molecule has 2 unspecified atom stereocenters. The number of fused-ring (bicyclic) bond motifs is 4. The average molecular weight is 410 g/mol. The molecule has 1 aromatic heterocycles. The first-order chi connectivity index (χ1) is 13.3. The number of rotatable bonds is 4. The lowest BCUT2D eigenvalue weighted by atomic mass is 9.94. The minimum atomic E-state index is -4.87. The van der Waals surface area contributed by atoms with Gasteiger partial charge in [-0.25, -0.2) is 4.98 Å². The van der Waals surface area contributed by atoms with E-state index in [1.165, 1.54) is 22.4 Å². The standard InChI is InChI=1S/C18H13F3N2O4S/c19-18(20,21)27-9-1-4-14-12(7-9)15(25)16-22-13-8-10(28-6-5-24)2-3-11(13)17(26)23(14)16/h1-4,7-8,12,14,24H,5-6H2. The van der Waals surface area contributed by atoms with Crippen LogP contribution in [-0.4, -0.2) is 39.2 Å². The monoisotopic (exact) mass is 410 g/mol. The van der Waals surface area contributed by atoms with Gasteiger partial charge in [-0.05, 0) is 30.4 Å². The molecule has 2 aliphatic rings. The number of aromatic nitrogens is 2. The Balaban J connectivity index is 1.77. The Labute approximate surface area is 160 Å². The summed E-state index contributed by atoms with van der Waals surface area (Å²) in [7, 11) is 0. The second-order valence-electron chi connectivity index (χ2n) is 6.22. The second-order valence-corrected chi connectivity index (χ2v) is 7.39. The van der Waals surface area contributed by atoms with Gasteiger partial charge in [-0.3, -0.25) is 14.2 Å². The van der Waals surface area contributed by atoms with Gasteiger partial charge in [0, 0.05) is 10.6 Å². The van der Waals surface area contributed by atoms with Crippen molar-refractivity contribution in [2.75, 3.05) is 12.4 Å². The van der Waals surface area contributed by atoms with Crippen LogP contribution in [0.25, 0.3) is 10.9 Å². The van der Waals surface area contributed by atoms with Crippen molar-refractivity contribution in [3.05, 3.63) is 58.4 Å². The number of alkyl halides is 3. The molecule has 4 rings (SSSR count). The van der Waals surface area contributed by atoms with E-state index in [9.17, 15) is 22.8 Å². The van der Waals surface area contributed by atoms with Gasteiger partial charge in [0.15, 0.2) is 5.82 Å². The third kappa shape index (κ3) is 3.22. The fourth-order valence-corrected chi connectivity index (χ4v) is 4.04. The van der Waals surface area contributed by atoms with E-state index in [0.29, 0.717) is 16.7 Å². The van der Waals surface area contributed by atoms with Crippen LogP contribution in [0.5, 0.6) is 0 Å². The maximum atomic E-state index is 12.9. The number of ketones is 1. The predicted octanol–water partition coefficient (Wildman–Crippen LogP) is 2.82. The Hall–Kier alpha value is -2.59. The van der Waals surface area contributed by atoms with E-state index in [1.807, 2.05) is 0 Å². The summed E-state index contributed by atoms with van der Waals surface area (Å²) in [6.45, 7) is -0.00811. The second kappa shape index (κ2) is 6.78. The van der Waals surface area contributed by atoms with Crippen LogP contribution >= 0.6 is 11.8 Å². The summed E-state index contributed by atoms with van der Waals surface area (Å²) in [5, 5.41) is 9.24. The Morgan fingerprint density at radius 2 is 2.07 bits per heavy atom. The predicted molar refractivity (Wildman–Crippen MR) is 95.0 cm³/mol. The maximum absolute atomic E-state index is 12.9. The zero-order chi connectivity index (χ0) is 20.1. The number of halogens is 3. The number of nitrogens with zero attached hydrogens (tertiary/aromatic N) is 2. The third-order valence-corrected chi connectivity index (χ3v) is 5.43. The number of ether oxygens (including phenoxy) is 1. The van der Waals surface area contributed by atoms with Crippen LogP contribution in [-0.2, 0) is 4.74 Å². The quantitative estimate of drug-likeness (QED) is 0.781. The Morgan fingerprint density at radius 3 is 2.79 bits per heavy atom. The van der Waals surface area contributed by atoms with E-state index < -0.39 is 35.4 Å². The Bertz CT molecular complexity index is 1090. The molecule has 0 amide bonds. The van der Waals surface area contributed by atoms with E-state index in [1.54, 1.807) is 18.2 Å². The molecule has 146 valence electrons. The van der Waals surface area contributed by atoms with Crippen LogP contribution in [0.1, 0.15) is 16.7 Å². The lowest BCUT2D eigenvalue weighted by molar-refractivity contribution is -0.303. The lowest BCUT2D eigenvalue weighted by Crippen LogP contribution is -2.26. The third-order valence-electron chi connectivity index (χ3n) is 4.46. The fraction of sp³-hybridized carbons (Fsp3) is 0.278. The van der Waals surface area contributed by atoms with Crippen LogP contribution in [0.2, 0.25) is 0 Å². The SMILES string of the molecule is O=C1c2nc3cc(SCCO)ccc3c(=O)n2C2C=CC(OC(F)(F)F)=CC12. The molecule has 0 radical (unpaired) electrons. The number of thioether (sulfide) groups is 1. The van der Waals surface area contributed by atoms with Crippen molar-refractivity contribution in [3.63, 3.8) is 0 Å². The first kappa shape index (κ1) is 18.8. The molecule has 0 saturated carbocycles. The summed E-state index contributed by atoms with van der Waals surface area (Å²) in [4.78, 5) is 30.7. The highest BCUT2D eigenvalue weighted by Gasteiger charge is 2.42. The van der Waals surface area contributed by atoms with Crippen LogP contribution < -0.4 is 5.56 Å². The molecule has 2 aromatic rings. The largest absolute Gasteiger partial charge is 0.573 e. The summed E-state index contributed by atoms with van der Waals surface area (Å²) in [6.07, 6.45) is -1.35. The number of allylic oxidation sites excluding steroid dienone is 3. The molecular weight excluding hydrogens is 397 g/mol. The van der Waals surface area contributed by atoms with Gasteiger partial charge in [0.05, 0.1) is 29.5 Å². The summed E-state index contributed by atoms with van der Waals surface area (Å²) in [6, 6.07) is 4.22. The van der Waals surface area contributed by atoms with Crippen molar-refractivity contribution < 1.29 is 27.8 Å². The lowest BCUT2D eigenvalue weighted by Gasteiger charge is -2.20. The van der Waals surface area contributed by atoms with E-state index >= 15 is 0 Å². The van der Waals surface area contributed by atoms with Gasteiger partial charge < -0.3 is 9.84 Å². The van der Waals surface area contributed by atoms with E-state index in [2.05, 4.69) is 9.72 Å². The van der Waals surface area contributed by atoms with Gasteiger partial charge in [-0.2, -0.15) is 0 Å². The molecule has 0 saturated heterocycles. The van der Waals surface area contributed by atoms with Gasteiger partial charge in [0.25, 0.3) is 5.56 Å². The molecule has 1 aromatic carbocycles. The van der Waals surface area contributed by atoms with Crippen LogP contribution in [0.4, 0.5) is 13.2 Å². The van der Waals surface area contributed by atoms with Crippen molar-refractivity contribution in [1.29, 1.82) is 0 Å². The molecule has 1 N–H and O–H groups in total. The number of carbonyl (C=O) groups excluding carboxylic acids is 1. The van der Waals surface area contributed by atoms with Crippen LogP contribution in [0.3, 0.4) is 0 Å². The van der Waals surface area contributed by atoms with Crippen molar-refractivity contribution in [2.45, 2.75) is 17.3 Å². The number of aliphatic hydroxyl groups excluding tert-OH is 1. The highest BCUT2D eigenvalue weighted by Crippen LogP contribution is 2.37. The fourth-order valence-electron chi connectivity index (χ4n) is 3.35. The number of aliphatic hydroxyl groups is 1. The molecule has 0 fully saturated rings. The van der Waals surface area contributed by atoms with Crippen LogP contribution in [0, 0.1) is 5.92 Å². The van der Waals surface area contributed by atoms with Gasteiger partial charge >= 0.3 is 6.36 Å². The minimum Gasteiger partial charge on any atom is -0.406 e. The van der Waals surface area contributed by atoms with Gasteiger partial charge in [-0.1, -0.05) is 6.08 Å². The van der Waals surface area contributed by atoms with Crippen molar-refractivity contribution in [2.24, 2.45) is 5.92 Å². The molecule has 1 aliphatic heterocycles. The normalized spacial score (nSPS) is 20.9. The van der Waals surface area contributed by atoms with E-state index in [0.717, 1.165) is 17.0 Å². The molecule has 10 heteroatoms. The maximum Gasteiger partial charge on any atom is 0.573 e. The Kier molecular flexibility index (Phi) is 4.54. The molecule has 1 aliphatic carbocycles. The number of carbonyl (C=O) groups is 1. The zero-order valence-corrected chi connectivity index (χ0v) is 15.0. The molecule has 2 heterocycles. The van der Waals surface area contributed by atoms with Gasteiger partial charge in [-0.15, -0.1) is 24.9 Å². The summed E-state index contributed by atoms with van der Waals surface area (Å²) in [5.74, 6) is -1.63. The molecule has 2 atom stereocenters. The first-order valence-corrected chi connectivity index (χ1v) is 9.27. The molecule has 28 heavy (non-hydrogen) atoms.